The molecule has 7 nitrogen and oxygen atoms in total. The van der Waals surface area contributed by atoms with Crippen molar-refractivity contribution < 1.29 is 4.74 Å². The van der Waals surface area contributed by atoms with Crippen molar-refractivity contribution in [2.75, 3.05) is 20.1 Å². The quantitative estimate of drug-likeness (QED) is 0.354. The molecule has 1 aromatic heterocycles. The molecule has 8 heteroatoms. The van der Waals surface area contributed by atoms with Crippen molar-refractivity contribution in [1.29, 1.82) is 0 Å². The molecule has 1 aliphatic rings. The Bertz CT molecular complexity index is 766. The van der Waals surface area contributed by atoms with Crippen molar-refractivity contribution in [3.8, 4) is 0 Å². The van der Waals surface area contributed by atoms with E-state index in [9.17, 15) is 0 Å². The van der Waals surface area contributed by atoms with Crippen LogP contribution in [0.1, 0.15) is 30.7 Å². The summed E-state index contributed by atoms with van der Waals surface area (Å²) in [5.74, 6) is 0.779. The van der Waals surface area contributed by atoms with Crippen LogP contribution in [0.25, 0.3) is 0 Å². The van der Waals surface area contributed by atoms with Crippen molar-refractivity contribution in [2.24, 2.45) is 12.0 Å². The van der Waals surface area contributed by atoms with Gasteiger partial charge in [0.25, 0.3) is 0 Å². The van der Waals surface area contributed by atoms with E-state index >= 15 is 0 Å². The Kier molecular flexibility index (Phi) is 9.38. The number of hydrogen-bond donors (Lipinski definition) is 2. The number of nitrogens with zero attached hydrogens (tertiary/aromatic N) is 4. The number of aryl methyl sites for hydroxylation is 1. The fraction of sp³-hybridized carbons (Fsp3) is 0.524. The summed E-state index contributed by atoms with van der Waals surface area (Å²) >= 11 is 0. The first-order chi connectivity index (χ1) is 13.5. The smallest absolute Gasteiger partial charge is 0.191 e. The normalized spacial score (nSPS) is 20.2. The highest BCUT2D eigenvalue weighted by Crippen LogP contribution is 2.14. The van der Waals surface area contributed by atoms with Gasteiger partial charge in [-0.1, -0.05) is 24.3 Å². The summed E-state index contributed by atoms with van der Waals surface area (Å²) in [4.78, 5) is 6.76. The Labute approximate surface area is 190 Å². The lowest BCUT2D eigenvalue weighted by molar-refractivity contribution is -0.0704. The van der Waals surface area contributed by atoms with Crippen molar-refractivity contribution in [3.05, 3.63) is 53.3 Å². The second-order valence-electron chi connectivity index (χ2n) is 7.49. The fourth-order valence-corrected chi connectivity index (χ4v) is 3.59. The Balaban J connectivity index is 0.00000300. The number of rotatable bonds is 6. The summed E-state index contributed by atoms with van der Waals surface area (Å²) in [6, 6.07) is 10.8. The largest absolute Gasteiger partial charge is 0.373 e. The maximum atomic E-state index is 5.82. The molecule has 1 fully saturated rings. The third-order valence-corrected chi connectivity index (χ3v) is 4.97. The zero-order valence-electron chi connectivity index (χ0n) is 17.8. The monoisotopic (exact) mass is 512 g/mol. The molecular formula is C21H33IN6O. The second-order valence-corrected chi connectivity index (χ2v) is 7.49. The standard InChI is InChI=1S/C21H32N6O.HI/c1-16-13-27(14-17(2)28-16)15-19-7-5-18(6-8-19)11-23-21(22-3)24-12-20-9-10-25-26(20)4;/h5-10,16-17H,11-15H2,1-4H3,(H2,22,23,24);1H. The zero-order chi connectivity index (χ0) is 19.9. The summed E-state index contributed by atoms with van der Waals surface area (Å²) < 4.78 is 7.67. The van der Waals surface area contributed by atoms with Gasteiger partial charge in [-0.2, -0.15) is 5.10 Å². The molecule has 0 saturated carbocycles. The number of aliphatic imine (C=N–C) groups is 1. The van der Waals surface area contributed by atoms with Crippen molar-refractivity contribution in [1.82, 2.24) is 25.3 Å². The molecule has 2 heterocycles. The molecule has 3 rings (SSSR count). The van der Waals surface area contributed by atoms with Crippen LogP contribution in [-0.2, 0) is 31.4 Å². The van der Waals surface area contributed by atoms with Crippen LogP contribution in [0.4, 0.5) is 0 Å². The van der Waals surface area contributed by atoms with Gasteiger partial charge in [0.2, 0.25) is 0 Å². The third-order valence-electron chi connectivity index (χ3n) is 4.97. The minimum absolute atomic E-state index is 0. The van der Waals surface area contributed by atoms with Gasteiger partial charge in [0.15, 0.2) is 5.96 Å². The van der Waals surface area contributed by atoms with E-state index in [0.717, 1.165) is 37.8 Å². The average Bonchev–Trinajstić information content (AvgIpc) is 3.07. The van der Waals surface area contributed by atoms with E-state index in [4.69, 9.17) is 4.74 Å². The minimum atomic E-state index is 0. The highest BCUT2D eigenvalue weighted by Gasteiger charge is 2.21. The molecule has 1 aliphatic heterocycles. The first kappa shape index (κ1) is 23.6. The van der Waals surface area contributed by atoms with Crippen LogP contribution >= 0.6 is 24.0 Å². The van der Waals surface area contributed by atoms with Gasteiger partial charge in [-0.15, -0.1) is 24.0 Å². The molecule has 2 atom stereocenters. The lowest BCUT2D eigenvalue weighted by atomic mass is 10.1. The number of halogens is 1. The lowest BCUT2D eigenvalue weighted by Gasteiger charge is -2.35. The minimum Gasteiger partial charge on any atom is -0.373 e. The summed E-state index contributed by atoms with van der Waals surface area (Å²) in [5.41, 5.74) is 3.68. The third kappa shape index (κ3) is 7.27. The molecule has 29 heavy (non-hydrogen) atoms. The predicted molar refractivity (Wildman–Crippen MR) is 127 cm³/mol. The molecule has 160 valence electrons. The number of aromatic nitrogens is 2. The molecule has 0 radical (unpaired) electrons. The van der Waals surface area contributed by atoms with Gasteiger partial charge in [0, 0.05) is 46.5 Å². The Morgan fingerprint density at radius 1 is 1.07 bits per heavy atom. The molecule has 0 aliphatic carbocycles. The number of morpholine rings is 1. The summed E-state index contributed by atoms with van der Waals surface area (Å²) in [5, 5.41) is 10.9. The molecule has 0 spiro atoms. The highest BCUT2D eigenvalue weighted by molar-refractivity contribution is 14.0. The predicted octanol–water partition coefficient (Wildman–Crippen LogP) is 2.51. The number of ether oxygens (including phenoxy) is 1. The van der Waals surface area contributed by atoms with Crippen LogP contribution < -0.4 is 10.6 Å². The van der Waals surface area contributed by atoms with Crippen molar-refractivity contribution >= 4 is 29.9 Å². The van der Waals surface area contributed by atoms with Gasteiger partial charge in [-0.25, -0.2) is 0 Å². The van der Waals surface area contributed by atoms with E-state index < -0.39 is 0 Å². The van der Waals surface area contributed by atoms with Gasteiger partial charge in [0.1, 0.15) is 0 Å². The molecule has 2 N–H and O–H groups in total. The summed E-state index contributed by atoms with van der Waals surface area (Å²) in [6.07, 6.45) is 2.41. The van der Waals surface area contributed by atoms with E-state index in [1.165, 1.54) is 11.1 Å². The van der Waals surface area contributed by atoms with E-state index in [-0.39, 0.29) is 24.0 Å². The maximum Gasteiger partial charge on any atom is 0.191 e. The van der Waals surface area contributed by atoms with Crippen LogP contribution in [0.2, 0.25) is 0 Å². The van der Waals surface area contributed by atoms with Crippen LogP contribution in [-0.4, -0.2) is 53.0 Å². The molecule has 2 unspecified atom stereocenters. The van der Waals surface area contributed by atoms with E-state index in [2.05, 4.69) is 63.7 Å². The van der Waals surface area contributed by atoms with Crippen molar-refractivity contribution in [3.63, 3.8) is 0 Å². The van der Waals surface area contributed by atoms with E-state index in [1.807, 2.05) is 17.8 Å². The van der Waals surface area contributed by atoms with Gasteiger partial charge in [0.05, 0.1) is 24.4 Å². The number of guanidine groups is 1. The maximum absolute atomic E-state index is 5.82. The molecule has 2 aromatic rings. The summed E-state index contributed by atoms with van der Waals surface area (Å²) in [6.45, 7) is 8.67. The molecule has 0 bridgehead atoms. The molecule has 0 amide bonds. The SMILES string of the molecule is CN=C(NCc1ccc(CN2CC(C)OC(C)C2)cc1)NCc1ccnn1C.I. The van der Waals surface area contributed by atoms with Crippen molar-refractivity contribution in [2.45, 2.75) is 45.7 Å². The highest BCUT2D eigenvalue weighted by atomic mass is 127. The number of hydrogen-bond acceptors (Lipinski definition) is 4. The fourth-order valence-electron chi connectivity index (χ4n) is 3.59. The number of nitrogens with one attached hydrogen (secondary N) is 2. The van der Waals surface area contributed by atoms with Crippen LogP contribution in [0.15, 0.2) is 41.5 Å². The molecule has 1 saturated heterocycles. The topological polar surface area (TPSA) is 66.7 Å². The number of benzene rings is 1. The van der Waals surface area contributed by atoms with E-state index in [1.54, 1.807) is 13.2 Å². The van der Waals surface area contributed by atoms with E-state index in [0.29, 0.717) is 18.8 Å². The second kappa shape index (κ2) is 11.5. The van der Waals surface area contributed by atoms with Gasteiger partial charge < -0.3 is 15.4 Å². The van der Waals surface area contributed by atoms with Gasteiger partial charge in [-0.3, -0.25) is 14.6 Å². The van der Waals surface area contributed by atoms with Gasteiger partial charge >= 0.3 is 0 Å². The molecule has 1 aromatic carbocycles. The summed E-state index contributed by atoms with van der Waals surface area (Å²) in [7, 11) is 3.72. The lowest BCUT2D eigenvalue weighted by Crippen LogP contribution is -2.44. The Hall–Kier alpha value is -1.65. The van der Waals surface area contributed by atoms with Crippen LogP contribution in [0, 0.1) is 0 Å². The Morgan fingerprint density at radius 3 is 2.28 bits per heavy atom. The first-order valence-electron chi connectivity index (χ1n) is 9.90. The van der Waals surface area contributed by atoms with Crippen LogP contribution in [0.5, 0.6) is 0 Å². The first-order valence-corrected chi connectivity index (χ1v) is 9.90. The average molecular weight is 512 g/mol. The Morgan fingerprint density at radius 2 is 1.69 bits per heavy atom. The molecular weight excluding hydrogens is 479 g/mol. The van der Waals surface area contributed by atoms with Gasteiger partial charge in [-0.05, 0) is 31.0 Å². The zero-order valence-corrected chi connectivity index (χ0v) is 20.1. The van der Waals surface area contributed by atoms with Crippen LogP contribution in [0.3, 0.4) is 0 Å².